The molecule has 4 heteroatoms. The lowest BCUT2D eigenvalue weighted by atomic mass is 9.70. The maximum Gasteiger partial charge on any atom is 0.160 e. The zero-order chi connectivity index (χ0) is 13.5. The van der Waals surface area contributed by atoms with Crippen LogP contribution in [-0.2, 0) is 13.0 Å². The van der Waals surface area contributed by atoms with Gasteiger partial charge < -0.3 is 4.57 Å². The maximum atomic E-state index is 5.92. The van der Waals surface area contributed by atoms with Crippen molar-refractivity contribution in [3.8, 4) is 0 Å². The first kappa shape index (κ1) is 12.9. The number of nitrogens with zero attached hydrogens (tertiary/aromatic N) is 3. The minimum absolute atomic E-state index is 0.417. The standard InChI is InChI=1S/C15H20ClN3/c1-11-5-9-17-14-13(11)18-12(4-8-16)19(14)10-15(2)6-3-7-15/h5,9H,3-4,6-8,10H2,1-2H3. The third-order valence-electron chi connectivity index (χ3n) is 4.33. The van der Waals surface area contributed by atoms with Crippen molar-refractivity contribution in [3.05, 3.63) is 23.7 Å². The first-order valence-electron chi connectivity index (χ1n) is 7.00. The van der Waals surface area contributed by atoms with Crippen LogP contribution in [0.5, 0.6) is 0 Å². The Balaban J connectivity index is 2.08. The van der Waals surface area contributed by atoms with Gasteiger partial charge in [0.2, 0.25) is 0 Å². The van der Waals surface area contributed by atoms with E-state index in [-0.39, 0.29) is 0 Å². The van der Waals surface area contributed by atoms with Crippen molar-refractivity contribution in [2.24, 2.45) is 5.41 Å². The molecule has 0 aliphatic heterocycles. The largest absolute Gasteiger partial charge is 0.312 e. The van der Waals surface area contributed by atoms with Gasteiger partial charge in [-0.1, -0.05) is 13.3 Å². The van der Waals surface area contributed by atoms with Crippen LogP contribution in [0.2, 0.25) is 0 Å². The predicted molar refractivity (Wildman–Crippen MR) is 78.6 cm³/mol. The Kier molecular flexibility index (Phi) is 3.25. The van der Waals surface area contributed by atoms with E-state index in [2.05, 4.69) is 23.4 Å². The van der Waals surface area contributed by atoms with E-state index in [1.807, 2.05) is 12.3 Å². The summed E-state index contributed by atoms with van der Waals surface area (Å²) < 4.78 is 2.30. The number of halogens is 1. The van der Waals surface area contributed by atoms with Gasteiger partial charge in [0.25, 0.3) is 0 Å². The van der Waals surface area contributed by atoms with E-state index in [4.69, 9.17) is 16.6 Å². The minimum Gasteiger partial charge on any atom is -0.312 e. The molecule has 0 aromatic carbocycles. The van der Waals surface area contributed by atoms with Gasteiger partial charge in [0.05, 0.1) is 0 Å². The number of imidazole rings is 1. The Bertz CT molecular complexity index is 599. The quantitative estimate of drug-likeness (QED) is 0.798. The van der Waals surface area contributed by atoms with Crippen LogP contribution in [-0.4, -0.2) is 20.4 Å². The highest BCUT2D eigenvalue weighted by Gasteiger charge is 2.33. The first-order valence-corrected chi connectivity index (χ1v) is 7.53. The molecule has 0 atom stereocenters. The van der Waals surface area contributed by atoms with Crippen LogP contribution in [0.15, 0.2) is 12.3 Å². The smallest absolute Gasteiger partial charge is 0.160 e. The molecule has 2 heterocycles. The summed E-state index contributed by atoms with van der Waals surface area (Å²) in [6.07, 6.45) is 6.65. The Morgan fingerprint density at radius 2 is 2.21 bits per heavy atom. The second-order valence-electron chi connectivity index (χ2n) is 6.02. The molecule has 19 heavy (non-hydrogen) atoms. The molecule has 2 aromatic heterocycles. The van der Waals surface area contributed by atoms with Crippen LogP contribution in [0.25, 0.3) is 11.2 Å². The molecule has 0 N–H and O–H groups in total. The van der Waals surface area contributed by atoms with Crippen molar-refractivity contribution in [1.29, 1.82) is 0 Å². The second kappa shape index (κ2) is 4.78. The summed E-state index contributed by atoms with van der Waals surface area (Å²) in [5.41, 5.74) is 3.66. The Morgan fingerprint density at radius 3 is 2.84 bits per heavy atom. The maximum absolute atomic E-state index is 5.92. The molecule has 0 amide bonds. The molecule has 1 aliphatic carbocycles. The fraction of sp³-hybridized carbons (Fsp3) is 0.600. The van der Waals surface area contributed by atoms with Gasteiger partial charge in [0, 0.05) is 25.0 Å². The monoisotopic (exact) mass is 277 g/mol. The topological polar surface area (TPSA) is 30.7 Å². The van der Waals surface area contributed by atoms with Gasteiger partial charge in [-0.05, 0) is 36.8 Å². The number of pyridine rings is 1. The molecule has 0 spiro atoms. The van der Waals surface area contributed by atoms with Gasteiger partial charge in [-0.15, -0.1) is 11.6 Å². The summed E-state index contributed by atoms with van der Waals surface area (Å²) in [4.78, 5) is 9.31. The average Bonchev–Trinajstić information content (AvgIpc) is 2.68. The molecule has 1 fully saturated rings. The highest BCUT2D eigenvalue weighted by Crippen LogP contribution is 2.42. The molecule has 1 aliphatic rings. The number of aryl methyl sites for hydroxylation is 2. The van der Waals surface area contributed by atoms with E-state index in [9.17, 15) is 0 Å². The zero-order valence-corrected chi connectivity index (χ0v) is 12.4. The van der Waals surface area contributed by atoms with E-state index in [1.165, 1.54) is 24.8 Å². The lowest BCUT2D eigenvalue weighted by Gasteiger charge is -2.39. The highest BCUT2D eigenvalue weighted by atomic mass is 35.5. The third kappa shape index (κ3) is 2.25. The lowest BCUT2D eigenvalue weighted by Crippen LogP contribution is -2.31. The summed E-state index contributed by atoms with van der Waals surface area (Å²) in [5, 5.41) is 0. The molecule has 1 saturated carbocycles. The molecule has 0 saturated heterocycles. The van der Waals surface area contributed by atoms with Crippen molar-refractivity contribution in [3.63, 3.8) is 0 Å². The average molecular weight is 278 g/mol. The molecule has 102 valence electrons. The molecule has 0 unspecified atom stereocenters. The van der Waals surface area contributed by atoms with Gasteiger partial charge in [-0.3, -0.25) is 0 Å². The van der Waals surface area contributed by atoms with Crippen LogP contribution in [0, 0.1) is 12.3 Å². The Labute approximate surface area is 119 Å². The van der Waals surface area contributed by atoms with Gasteiger partial charge in [0.1, 0.15) is 11.3 Å². The van der Waals surface area contributed by atoms with Crippen LogP contribution in [0.3, 0.4) is 0 Å². The van der Waals surface area contributed by atoms with Crippen LogP contribution in [0.1, 0.15) is 37.6 Å². The fourth-order valence-corrected chi connectivity index (χ4v) is 3.11. The number of fused-ring (bicyclic) bond motifs is 1. The van der Waals surface area contributed by atoms with E-state index in [0.29, 0.717) is 11.3 Å². The van der Waals surface area contributed by atoms with Crippen molar-refractivity contribution in [1.82, 2.24) is 14.5 Å². The Hall–Kier alpha value is -1.09. The number of hydrogen-bond donors (Lipinski definition) is 0. The van der Waals surface area contributed by atoms with Crippen molar-refractivity contribution in [2.75, 3.05) is 5.88 Å². The number of alkyl halides is 1. The van der Waals surface area contributed by atoms with E-state index >= 15 is 0 Å². The van der Waals surface area contributed by atoms with Crippen LogP contribution >= 0.6 is 11.6 Å². The third-order valence-corrected chi connectivity index (χ3v) is 4.52. The summed E-state index contributed by atoms with van der Waals surface area (Å²) in [6, 6.07) is 2.02. The molecule has 0 bridgehead atoms. The predicted octanol–water partition coefficient (Wildman–Crippen LogP) is 3.71. The lowest BCUT2D eigenvalue weighted by molar-refractivity contribution is 0.132. The molecule has 0 radical (unpaired) electrons. The van der Waals surface area contributed by atoms with Gasteiger partial charge in [-0.25, -0.2) is 9.97 Å². The molecular formula is C15H20ClN3. The minimum atomic E-state index is 0.417. The number of hydrogen-bond acceptors (Lipinski definition) is 2. The summed E-state index contributed by atoms with van der Waals surface area (Å²) in [7, 11) is 0. The van der Waals surface area contributed by atoms with Crippen molar-refractivity contribution >= 4 is 22.8 Å². The molecular weight excluding hydrogens is 258 g/mol. The van der Waals surface area contributed by atoms with Crippen molar-refractivity contribution < 1.29 is 0 Å². The Morgan fingerprint density at radius 1 is 1.42 bits per heavy atom. The highest BCUT2D eigenvalue weighted by molar-refractivity contribution is 6.17. The summed E-state index contributed by atoms with van der Waals surface area (Å²) in [5.74, 6) is 1.69. The molecule has 3 nitrogen and oxygen atoms in total. The molecule has 3 rings (SSSR count). The van der Waals surface area contributed by atoms with E-state index in [1.54, 1.807) is 0 Å². The van der Waals surface area contributed by atoms with Gasteiger partial charge in [-0.2, -0.15) is 0 Å². The summed E-state index contributed by atoms with van der Waals surface area (Å²) in [6.45, 7) is 5.48. The zero-order valence-electron chi connectivity index (χ0n) is 11.6. The number of aromatic nitrogens is 3. The fourth-order valence-electron chi connectivity index (χ4n) is 2.95. The normalized spacial score (nSPS) is 17.6. The number of rotatable bonds is 4. The summed E-state index contributed by atoms with van der Waals surface area (Å²) >= 11 is 5.92. The van der Waals surface area contributed by atoms with Crippen LogP contribution in [0.4, 0.5) is 0 Å². The van der Waals surface area contributed by atoms with E-state index < -0.39 is 0 Å². The first-order chi connectivity index (χ1) is 9.13. The second-order valence-corrected chi connectivity index (χ2v) is 6.40. The SMILES string of the molecule is Cc1ccnc2c1nc(CCCl)n2CC1(C)CCC1. The van der Waals surface area contributed by atoms with Gasteiger partial charge >= 0.3 is 0 Å². The van der Waals surface area contributed by atoms with E-state index in [0.717, 1.165) is 30.0 Å². The van der Waals surface area contributed by atoms with Crippen LogP contribution < -0.4 is 0 Å². The molecule has 2 aromatic rings. The van der Waals surface area contributed by atoms with Crippen molar-refractivity contribution in [2.45, 2.75) is 46.1 Å². The van der Waals surface area contributed by atoms with Gasteiger partial charge in [0.15, 0.2) is 5.65 Å².